The van der Waals surface area contributed by atoms with Gasteiger partial charge in [0, 0.05) is 23.9 Å². The first-order valence-electron chi connectivity index (χ1n) is 11.7. The van der Waals surface area contributed by atoms with Crippen LogP contribution in [0.2, 0.25) is 0 Å². The lowest BCUT2D eigenvalue weighted by molar-refractivity contribution is 0.0917. The quantitative estimate of drug-likeness (QED) is 0.318. The molecule has 1 aliphatic heterocycles. The number of benzene rings is 3. The lowest BCUT2D eigenvalue weighted by Crippen LogP contribution is -2.37. The van der Waals surface area contributed by atoms with Gasteiger partial charge >= 0.3 is 0 Å². The first-order valence-corrected chi connectivity index (χ1v) is 14.0. The molecule has 38 heavy (non-hydrogen) atoms. The van der Waals surface area contributed by atoms with Crippen molar-refractivity contribution in [2.45, 2.75) is 23.8 Å². The summed E-state index contributed by atoms with van der Waals surface area (Å²) in [5.41, 5.74) is 0.515. The standard InChI is InChI=1S/C26H23F2N3O5S2/c1-35-19-8-10-21(11-9-19)38(33,34)30-18-6-4-16(5-7-18)25(32)31(15-20-3-2-12-36-20)26-29-24-22(28)13-17(27)14-23(24)37-26/h4-11,13-14,20,30H,2-3,12,15H2,1H3. The summed E-state index contributed by atoms with van der Waals surface area (Å²) in [6.45, 7) is 0.768. The minimum atomic E-state index is -3.86. The smallest absolute Gasteiger partial charge is 0.261 e. The fourth-order valence-corrected chi connectivity index (χ4v) is 6.18. The monoisotopic (exact) mass is 559 g/mol. The number of ether oxygens (including phenoxy) is 2. The molecule has 1 amide bonds. The number of methoxy groups -OCH3 is 1. The average Bonchev–Trinajstić information content (AvgIpc) is 3.57. The Morgan fingerprint density at radius 3 is 2.55 bits per heavy atom. The van der Waals surface area contributed by atoms with E-state index in [-0.39, 0.29) is 44.1 Å². The Balaban J connectivity index is 1.40. The number of anilines is 2. The van der Waals surface area contributed by atoms with Gasteiger partial charge < -0.3 is 9.47 Å². The zero-order valence-electron chi connectivity index (χ0n) is 20.2. The van der Waals surface area contributed by atoms with Crippen molar-refractivity contribution >= 4 is 48.3 Å². The Labute approximate surface area is 221 Å². The topological polar surface area (TPSA) is 97.8 Å². The number of nitrogens with one attached hydrogen (secondary N) is 1. The molecule has 8 nitrogen and oxygen atoms in total. The van der Waals surface area contributed by atoms with Gasteiger partial charge in [0.05, 0.1) is 29.4 Å². The lowest BCUT2D eigenvalue weighted by atomic mass is 10.1. The predicted molar refractivity (Wildman–Crippen MR) is 140 cm³/mol. The van der Waals surface area contributed by atoms with Gasteiger partial charge in [-0.1, -0.05) is 11.3 Å². The second-order valence-electron chi connectivity index (χ2n) is 8.64. The summed E-state index contributed by atoms with van der Waals surface area (Å²) in [5.74, 6) is -1.43. The van der Waals surface area contributed by atoms with Crippen LogP contribution < -0.4 is 14.4 Å². The third kappa shape index (κ3) is 5.47. The highest BCUT2D eigenvalue weighted by Gasteiger charge is 2.28. The van der Waals surface area contributed by atoms with Crippen molar-refractivity contribution in [1.82, 2.24) is 4.98 Å². The average molecular weight is 560 g/mol. The van der Waals surface area contributed by atoms with E-state index in [0.717, 1.165) is 30.2 Å². The van der Waals surface area contributed by atoms with E-state index in [4.69, 9.17) is 9.47 Å². The van der Waals surface area contributed by atoms with Crippen molar-refractivity contribution in [3.05, 3.63) is 77.9 Å². The van der Waals surface area contributed by atoms with Crippen LogP contribution in [0.15, 0.2) is 65.6 Å². The number of aromatic nitrogens is 1. The van der Waals surface area contributed by atoms with Crippen molar-refractivity contribution in [2.24, 2.45) is 0 Å². The molecule has 3 aromatic carbocycles. The SMILES string of the molecule is COc1ccc(S(=O)(=O)Nc2ccc(C(=O)N(CC3CCCO3)c3nc4c(F)cc(F)cc4s3)cc2)cc1. The second kappa shape index (κ2) is 10.6. The Morgan fingerprint density at radius 1 is 1.16 bits per heavy atom. The highest BCUT2D eigenvalue weighted by molar-refractivity contribution is 7.92. The van der Waals surface area contributed by atoms with Crippen molar-refractivity contribution in [3.63, 3.8) is 0 Å². The van der Waals surface area contributed by atoms with Gasteiger partial charge in [-0.05, 0) is 67.4 Å². The number of rotatable bonds is 8. The molecule has 0 aliphatic carbocycles. The molecule has 1 atom stereocenters. The summed E-state index contributed by atoms with van der Waals surface area (Å²) in [7, 11) is -2.37. The van der Waals surface area contributed by atoms with Crippen LogP contribution in [0, 0.1) is 11.6 Å². The summed E-state index contributed by atoms with van der Waals surface area (Å²) < 4.78 is 67.1. The van der Waals surface area contributed by atoms with Crippen molar-refractivity contribution < 1.29 is 31.5 Å². The molecule has 1 N–H and O–H groups in total. The van der Waals surface area contributed by atoms with Gasteiger partial charge in [0.15, 0.2) is 10.9 Å². The summed E-state index contributed by atoms with van der Waals surface area (Å²) >= 11 is 1.01. The number of hydrogen-bond acceptors (Lipinski definition) is 7. The molecule has 1 aliphatic rings. The summed E-state index contributed by atoms with van der Waals surface area (Å²) in [6.07, 6.45) is 1.39. The van der Waals surface area contributed by atoms with E-state index in [9.17, 15) is 22.0 Å². The van der Waals surface area contributed by atoms with Crippen LogP contribution in [-0.2, 0) is 14.8 Å². The van der Waals surface area contributed by atoms with Crippen LogP contribution >= 0.6 is 11.3 Å². The zero-order chi connectivity index (χ0) is 26.9. The normalized spacial score (nSPS) is 15.5. The summed E-state index contributed by atoms with van der Waals surface area (Å²) in [4.78, 5) is 19.3. The number of thiazole rings is 1. The van der Waals surface area contributed by atoms with E-state index < -0.39 is 27.6 Å². The molecule has 1 unspecified atom stereocenters. The highest BCUT2D eigenvalue weighted by Crippen LogP contribution is 2.33. The maximum atomic E-state index is 14.3. The highest BCUT2D eigenvalue weighted by atomic mass is 32.2. The van der Waals surface area contributed by atoms with E-state index in [0.29, 0.717) is 12.4 Å². The maximum Gasteiger partial charge on any atom is 0.261 e. The van der Waals surface area contributed by atoms with Crippen LogP contribution in [0.25, 0.3) is 10.2 Å². The zero-order valence-corrected chi connectivity index (χ0v) is 21.8. The lowest BCUT2D eigenvalue weighted by Gasteiger charge is -2.23. The van der Waals surface area contributed by atoms with Crippen molar-refractivity contribution in [2.75, 3.05) is 29.9 Å². The van der Waals surface area contributed by atoms with E-state index in [1.165, 1.54) is 54.5 Å². The maximum absolute atomic E-state index is 14.3. The molecule has 4 aromatic rings. The number of sulfonamides is 1. The molecule has 1 fully saturated rings. The van der Waals surface area contributed by atoms with E-state index in [1.54, 1.807) is 12.1 Å². The Kier molecular flexibility index (Phi) is 7.28. The number of carbonyl (C=O) groups excluding carboxylic acids is 1. The summed E-state index contributed by atoms with van der Waals surface area (Å²) in [5, 5.41) is 0.217. The molecule has 1 saturated heterocycles. The van der Waals surface area contributed by atoms with Gasteiger partial charge in [-0.2, -0.15) is 0 Å². The van der Waals surface area contributed by atoms with E-state index >= 15 is 0 Å². The van der Waals surface area contributed by atoms with Gasteiger partial charge in [0.2, 0.25) is 0 Å². The predicted octanol–water partition coefficient (Wildman–Crippen LogP) is 5.21. The first kappa shape index (κ1) is 26.0. The molecular weight excluding hydrogens is 536 g/mol. The van der Waals surface area contributed by atoms with Gasteiger partial charge in [0.1, 0.15) is 17.1 Å². The fraction of sp³-hybridized carbons (Fsp3) is 0.231. The Hall–Kier alpha value is -3.61. The number of carbonyl (C=O) groups is 1. The van der Waals surface area contributed by atoms with E-state index in [1.807, 2.05) is 0 Å². The van der Waals surface area contributed by atoms with Gasteiger partial charge in [-0.3, -0.25) is 14.4 Å². The molecule has 0 saturated carbocycles. The number of nitrogens with zero attached hydrogens (tertiary/aromatic N) is 2. The number of fused-ring (bicyclic) bond motifs is 1. The number of halogens is 2. The van der Waals surface area contributed by atoms with E-state index in [2.05, 4.69) is 9.71 Å². The van der Waals surface area contributed by atoms with Crippen LogP contribution in [-0.4, -0.2) is 45.7 Å². The van der Waals surface area contributed by atoms with Crippen LogP contribution in [0.1, 0.15) is 23.2 Å². The van der Waals surface area contributed by atoms with Crippen LogP contribution in [0.4, 0.5) is 19.6 Å². The number of amides is 1. The van der Waals surface area contributed by atoms with Crippen molar-refractivity contribution in [3.8, 4) is 5.75 Å². The molecule has 0 bridgehead atoms. The molecule has 5 rings (SSSR count). The first-order chi connectivity index (χ1) is 18.2. The molecule has 198 valence electrons. The van der Waals surface area contributed by atoms with Gasteiger partial charge in [0.25, 0.3) is 15.9 Å². The summed E-state index contributed by atoms with van der Waals surface area (Å²) in [6, 6.07) is 13.8. The van der Waals surface area contributed by atoms with Crippen LogP contribution in [0.3, 0.4) is 0 Å². The molecular formula is C26H23F2N3O5S2. The second-order valence-corrected chi connectivity index (χ2v) is 11.3. The van der Waals surface area contributed by atoms with Crippen LogP contribution in [0.5, 0.6) is 5.75 Å². The molecule has 0 radical (unpaired) electrons. The molecule has 1 aromatic heterocycles. The minimum absolute atomic E-state index is 0.0140. The number of hydrogen-bond donors (Lipinski definition) is 1. The third-order valence-electron chi connectivity index (χ3n) is 6.04. The Morgan fingerprint density at radius 2 is 1.89 bits per heavy atom. The third-order valence-corrected chi connectivity index (χ3v) is 8.46. The Bertz CT molecular complexity index is 1570. The molecule has 0 spiro atoms. The molecule has 12 heteroatoms. The van der Waals surface area contributed by atoms with Gasteiger partial charge in [-0.15, -0.1) is 0 Å². The van der Waals surface area contributed by atoms with Gasteiger partial charge in [-0.25, -0.2) is 22.2 Å². The largest absolute Gasteiger partial charge is 0.497 e. The minimum Gasteiger partial charge on any atom is -0.497 e. The van der Waals surface area contributed by atoms with Crippen molar-refractivity contribution in [1.29, 1.82) is 0 Å². The fourth-order valence-electron chi connectivity index (χ4n) is 4.11. The molecule has 2 heterocycles.